The van der Waals surface area contributed by atoms with Crippen LogP contribution in [0.25, 0.3) is 5.69 Å². The van der Waals surface area contributed by atoms with E-state index in [1.54, 1.807) is 4.57 Å². The van der Waals surface area contributed by atoms with Crippen molar-refractivity contribution in [3.63, 3.8) is 0 Å². The van der Waals surface area contributed by atoms with Crippen molar-refractivity contribution in [1.82, 2.24) is 9.55 Å². The molecule has 1 N–H and O–H groups in total. The Morgan fingerprint density at radius 3 is 2.14 bits per heavy atom. The van der Waals surface area contributed by atoms with E-state index in [4.69, 9.17) is 0 Å². The first-order chi connectivity index (χ1) is 14.0. The van der Waals surface area contributed by atoms with Crippen LogP contribution in [-0.2, 0) is 36.2 Å². The van der Waals surface area contributed by atoms with Gasteiger partial charge in [0.1, 0.15) is 5.75 Å². The summed E-state index contributed by atoms with van der Waals surface area (Å²) in [6.07, 6.45) is 1.94. The molecule has 6 heteroatoms. The van der Waals surface area contributed by atoms with E-state index in [-0.39, 0.29) is 11.4 Å². The number of aromatic carboxylic acids is 1. The summed E-state index contributed by atoms with van der Waals surface area (Å²) in [5.41, 5.74) is 4.34. The van der Waals surface area contributed by atoms with Crippen LogP contribution in [-0.4, -0.2) is 25.2 Å². The van der Waals surface area contributed by atoms with Gasteiger partial charge in [-0.3, -0.25) is 0 Å². The third-order valence-electron chi connectivity index (χ3n) is 4.99. The number of para-hydroxylation sites is 1. The Kier molecular flexibility index (Phi) is 6.77. The Morgan fingerprint density at radius 2 is 1.62 bits per heavy atom. The van der Waals surface area contributed by atoms with Gasteiger partial charge in [-0.15, -0.1) is 0 Å². The second kappa shape index (κ2) is 9.29. The summed E-state index contributed by atoms with van der Waals surface area (Å²) < 4.78 is 15.0. The van der Waals surface area contributed by atoms with Crippen LogP contribution in [0.15, 0.2) is 53.7 Å². The lowest BCUT2D eigenvalue weighted by Gasteiger charge is -2.18. The van der Waals surface area contributed by atoms with Crippen molar-refractivity contribution >= 4 is 17.1 Å². The van der Waals surface area contributed by atoms with Crippen LogP contribution in [0.3, 0.4) is 0 Å². The first-order valence-electron chi connectivity index (χ1n) is 9.90. The van der Waals surface area contributed by atoms with Gasteiger partial charge < -0.3 is 9.66 Å². The number of aryl methyl sites for hydroxylation is 3. The van der Waals surface area contributed by atoms with Crippen molar-refractivity contribution in [2.45, 2.75) is 50.9 Å². The molecular weight excluding hydrogens is 384 g/mol. The Hall–Kier alpha value is -2.57. The monoisotopic (exact) mass is 410 g/mol. The molecule has 0 amide bonds. The number of hydrogen-bond donors (Lipinski definition) is 1. The number of nitrogens with zero attached hydrogens (tertiary/aromatic N) is 2. The van der Waals surface area contributed by atoms with E-state index < -0.39 is 17.1 Å². The molecule has 1 heterocycles. The summed E-state index contributed by atoms with van der Waals surface area (Å²) >= 11 is -1.49. The van der Waals surface area contributed by atoms with Gasteiger partial charge in [0.25, 0.3) is 0 Å². The molecule has 152 valence electrons. The molecule has 1 atom stereocenters. The summed E-state index contributed by atoms with van der Waals surface area (Å²) in [6, 6.07) is 15.5. The Morgan fingerprint density at radius 1 is 1.00 bits per heavy atom. The molecule has 5 nitrogen and oxygen atoms in total. The topological polar surface area (TPSA) is 78.2 Å². The van der Waals surface area contributed by atoms with Gasteiger partial charge in [-0.05, 0) is 30.4 Å². The maximum Gasteiger partial charge on any atom is 0.354 e. The van der Waals surface area contributed by atoms with Gasteiger partial charge in [0.05, 0.1) is 11.4 Å². The number of hydrogen-bond acceptors (Lipinski definition) is 3. The van der Waals surface area contributed by atoms with Gasteiger partial charge in [-0.1, -0.05) is 69.3 Å². The molecule has 0 aliphatic heterocycles. The number of imidazole rings is 1. The third kappa shape index (κ3) is 4.23. The van der Waals surface area contributed by atoms with E-state index in [0.717, 1.165) is 35.2 Å². The molecule has 3 aromatic rings. The highest BCUT2D eigenvalue weighted by Gasteiger charge is 2.31. The number of carbonyl (C=O) groups is 1. The summed E-state index contributed by atoms with van der Waals surface area (Å²) in [5.74, 6) is -0.763. The predicted molar refractivity (Wildman–Crippen MR) is 115 cm³/mol. The highest BCUT2D eigenvalue weighted by Crippen LogP contribution is 2.30. The maximum absolute atomic E-state index is 13.3. The molecule has 0 saturated heterocycles. The van der Waals surface area contributed by atoms with Crippen molar-refractivity contribution in [2.24, 2.45) is 0 Å². The predicted octanol–water partition coefficient (Wildman–Crippen LogP) is 4.57. The molecule has 29 heavy (non-hydrogen) atoms. The van der Waals surface area contributed by atoms with E-state index in [9.17, 15) is 14.5 Å². The van der Waals surface area contributed by atoms with Crippen molar-refractivity contribution in [1.29, 1.82) is 0 Å². The minimum Gasteiger partial charge on any atom is -0.609 e. The van der Waals surface area contributed by atoms with E-state index in [1.807, 2.05) is 69.3 Å². The zero-order valence-corrected chi connectivity index (χ0v) is 17.8. The van der Waals surface area contributed by atoms with Crippen LogP contribution in [0.1, 0.15) is 53.6 Å². The fourth-order valence-electron chi connectivity index (χ4n) is 3.56. The fraction of sp³-hybridized carbons (Fsp3) is 0.304. The highest BCUT2D eigenvalue weighted by molar-refractivity contribution is 7.90. The molecule has 1 unspecified atom stereocenters. The SMILES string of the molecule is CCc1cccc(CC)c1-n1c([S+]([O-])Cc2ccccc2)nc(CC)c1C(=O)O. The number of benzene rings is 2. The first kappa shape index (κ1) is 21.1. The van der Waals surface area contributed by atoms with Crippen LogP contribution in [0.5, 0.6) is 0 Å². The molecule has 0 bridgehead atoms. The molecule has 0 fully saturated rings. The Bertz CT molecular complexity index is 977. The molecule has 0 radical (unpaired) electrons. The third-order valence-corrected chi connectivity index (χ3v) is 6.27. The summed E-state index contributed by atoms with van der Waals surface area (Å²) in [6.45, 7) is 5.95. The van der Waals surface area contributed by atoms with E-state index in [1.165, 1.54) is 0 Å². The lowest BCUT2D eigenvalue weighted by molar-refractivity contribution is 0.0686. The number of carboxylic acids is 1. The standard InChI is InChI=1S/C23H26N2O3S/c1-4-17-13-10-14-18(5-2)20(17)25-21(22(26)27)19(6-3)24-23(25)29(28)15-16-11-8-7-9-12-16/h7-14H,4-6,15H2,1-3H3,(H,26,27). The summed E-state index contributed by atoms with van der Waals surface area (Å²) in [4.78, 5) is 16.8. The van der Waals surface area contributed by atoms with Gasteiger partial charge in [0.15, 0.2) is 5.69 Å². The smallest absolute Gasteiger partial charge is 0.354 e. The van der Waals surface area contributed by atoms with Crippen LogP contribution in [0.4, 0.5) is 0 Å². The Labute approximate surface area is 174 Å². The summed E-state index contributed by atoms with van der Waals surface area (Å²) in [7, 11) is 0. The van der Waals surface area contributed by atoms with Gasteiger partial charge in [-0.2, -0.15) is 4.98 Å². The molecule has 1 aromatic heterocycles. The van der Waals surface area contributed by atoms with E-state index >= 15 is 0 Å². The lowest BCUT2D eigenvalue weighted by atomic mass is 10.0. The number of carboxylic acid groups (broad SMARTS) is 1. The lowest BCUT2D eigenvalue weighted by Crippen LogP contribution is -2.18. The number of aromatic nitrogens is 2. The van der Waals surface area contributed by atoms with Crippen molar-refractivity contribution in [3.8, 4) is 5.69 Å². The molecule has 0 aliphatic carbocycles. The highest BCUT2D eigenvalue weighted by atomic mass is 32.2. The normalized spacial score (nSPS) is 12.1. The molecule has 0 saturated carbocycles. The van der Waals surface area contributed by atoms with Crippen LogP contribution in [0.2, 0.25) is 0 Å². The first-order valence-corrected chi connectivity index (χ1v) is 11.2. The van der Waals surface area contributed by atoms with Gasteiger partial charge >= 0.3 is 11.1 Å². The number of rotatable bonds is 8. The molecular formula is C23H26N2O3S. The Balaban J connectivity index is 2.25. The van der Waals surface area contributed by atoms with Crippen LogP contribution in [0, 0.1) is 0 Å². The van der Waals surface area contributed by atoms with Crippen molar-refractivity contribution in [3.05, 3.63) is 76.6 Å². The van der Waals surface area contributed by atoms with E-state index in [2.05, 4.69) is 4.98 Å². The minimum atomic E-state index is -1.49. The zero-order chi connectivity index (χ0) is 21.0. The van der Waals surface area contributed by atoms with Crippen molar-refractivity contribution < 1.29 is 14.5 Å². The van der Waals surface area contributed by atoms with Gasteiger partial charge in [0.2, 0.25) is 0 Å². The van der Waals surface area contributed by atoms with Gasteiger partial charge in [0, 0.05) is 16.7 Å². The average Bonchev–Trinajstić information content (AvgIpc) is 3.13. The second-order valence-corrected chi connectivity index (χ2v) is 8.14. The molecule has 0 spiro atoms. The average molecular weight is 411 g/mol. The summed E-state index contributed by atoms with van der Waals surface area (Å²) in [5, 5.41) is 10.3. The van der Waals surface area contributed by atoms with Crippen molar-refractivity contribution in [2.75, 3.05) is 0 Å². The second-order valence-electron chi connectivity index (χ2n) is 6.79. The van der Waals surface area contributed by atoms with E-state index in [0.29, 0.717) is 17.3 Å². The zero-order valence-electron chi connectivity index (χ0n) is 17.0. The quantitative estimate of drug-likeness (QED) is 0.552. The maximum atomic E-state index is 13.3. The van der Waals surface area contributed by atoms with Crippen LogP contribution >= 0.6 is 0 Å². The van der Waals surface area contributed by atoms with Gasteiger partial charge in [-0.25, -0.2) is 9.36 Å². The molecule has 2 aromatic carbocycles. The molecule has 3 rings (SSSR count). The largest absolute Gasteiger partial charge is 0.609 e. The fourth-order valence-corrected chi connectivity index (χ4v) is 4.78. The minimum absolute atomic E-state index is 0.111. The van der Waals surface area contributed by atoms with Crippen LogP contribution < -0.4 is 0 Å². The molecule has 0 aliphatic rings.